The average molecular weight is 592 g/mol. The van der Waals surface area contributed by atoms with Crippen molar-refractivity contribution in [3.8, 4) is 17.2 Å². The summed E-state index contributed by atoms with van der Waals surface area (Å²) in [5, 5.41) is 6.76. The molecule has 10 heteroatoms. The molecular formula is C29H26BrN3O6. The number of aromatic nitrogens is 1. The second-order valence-corrected chi connectivity index (χ2v) is 9.71. The summed E-state index contributed by atoms with van der Waals surface area (Å²) in [5.74, 6) is 1.95. The van der Waals surface area contributed by atoms with Crippen molar-refractivity contribution in [3.63, 3.8) is 0 Å². The lowest BCUT2D eigenvalue weighted by Crippen LogP contribution is -2.32. The Morgan fingerprint density at radius 3 is 2.56 bits per heavy atom. The van der Waals surface area contributed by atoms with E-state index >= 15 is 0 Å². The number of halogens is 1. The van der Waals surface area contributed by atoms with Gasteiger partial charge in [-0.1, -0.05) is 35.5 Å². The molecule has 5 rings (SSSR count). The van der Waals surface area contributed by atoms with Crippen LogP contribution < -0.4 is 19.5 Å². The first kappa shape index (κ1) is 26.3. The molecule has 0 aliphatic carbocycles. The molecule has 9 nitrogen and oxygen atoms in total. The van der Waals surface area contributed by atoms with Gasteiger partial charge in [0.1, 0.15) is 5.75 Å². The van der Waals surface area contributed by atoms with Crippen LogP contribution in [0.3, 0.4) is 0 Å². The van der Waals surface area contributed by atoms with Gasteiger partial charge in [-0.3, -0.25) is 9.59 Å². The van der Waals surface area contributed by atoms with Gasteiger partial charge in [0.05, 0.1) is 19.2 Å². The zero-order valence-electron chi connectivity index (χ0n) is 21.2. The molecule has 3 aromatic carbocycles. The Morgan fingerprint density at radius 2 is 1.77 bits per heavy atom. The molecule has 1 aromatic heterocycles. The summed E-state index contributed by atoms with van der Waals surface area (Å²) in [6.45, 7) is 1.05. The van der Waals surface area contributed by atoms with E-state index in [1.807, 2.05) is 54.6 Å². The normalized spacial score (nSPS) is 11.7. The van der Waals surface area contributed by atoms with Crippen LogP contribution in [-0.2, 0) is 19.5 Å². The van der Waals surface area contributed by atoms with E-state index in [1.165, 1.54) is 0 Å². The number of hydrogen-bond donors (Lipinski definition) is 1. The molecule has 0 saturated carbocycles. The lowest BCUT2D eigenvalue weighted by atomic mass is 10.1. The van der Waals surface area contributed by atoms with Crippen LogP contribution in [0.2, 0.25) is 0 Å². The monoisotopic (exact) mass is 591 g/mol. The van der Waals surface area contributed by atoms with Crippen LogP contribution in [-0.4, -0.2) is 42.3 Å². The van der Waals surface area contributed by atoms with E-state index in [9.17, 15) is 9.59 Å². The van der Waals surface area contributed by atoms with Crippen LogP contribution in [0.25, 0.3) is 0 Å². The van der Waals surface area contributed by atoms with Crippen LogP contribution in [0.15, 0.2) is 81.8 Å². The van der Waals surface area contributed by atoms with Gasteiger partial charge in [0, 0.05) is 23.6 Å². The van der Waals surface area contributed by atoms with Crippen molar-refractivity contribution in [3.05, 3.63) is 105 Å². The third-order valence-corrected chi connectivity index (χ3v) is 6.94. The first-order chi connectivity index (χ1) is 19.0. The zero-order chi connectivity index (χ0) is 27.2. The fourth-order valence-electron chi connectivity index (χ4n) is 4.12. The molecule has 0 bridgehead atoms. The van der Waals surface area contributed by atoms with E-state index in [1.54, 1.807) is 30.2 Å². The van der Waals surface area contributed by atoms with Gasteiger partial charge in [-0.15, -0.1) is 0 Å². The summed E-state index contributed by atoms with van der Waals surface area (Å²) < 4.78 is 22.1. The number of benzene rings is 3. The summed E-state index contributed by atoms with van der Waals surface area (Å²) in [4.78, 5) is 27.9. The third-order valence-electron chi connectivity index (χ3n) is 6.25. The van der Waals surface area contributed by atoms with Gasteiger partial charge in [0.15, 0.2) is 23.0 Å². The number of carbonyl (C=O) groups excluding carboxylic acids is 2. The number of methoxy groups -OCH3 is 1. The average Bonchev–Trinajstić information content (AvgIpc) is 3.63. The molecule has 0 unspecified atom stereocenters. The number of ether oxygens (including phenoxy) is 3. The highest BCUT2D eigenvalue weighted by Gasteiger charge is 2.22. The zero-order valence-corrected chi connectivity index (χ0v) is 22.8. The van der Waals surface area contributed by atoms with E-state index in [0.717, 1.165) is 16.9 Å². The van der Waals surface area contributed by atoms with Gasteiger partial charge >= 0.3 is 0 Å². The maximum Gasteiger partial charge on any atom is 0.273 e. The molecule has 0 atom stereocenters. The number of nitrogens with one attached hydrogen (secondary N) is 1. The van der Waals surface area contributed by atoms with Gasteiger partial charge < -0.3 is 29.0 Å². The Balaban J connectivity index is 1.26. The number of fused-ring (bicyclic) bond motifs is 1. The molecule has 1 aliphatic heterocycles. The van der Waals surface area contributed by atoms with E-state index in [4.69, 9.17) is 18.7 Å². The second kappa shape index (κ2) is 12.0. The van der Waals surface area contributed by atoms with Gasteiger partial charge in [-0.2, -0.15) is 0 Å². The lowest BCUT2D eigenvalue weighted by molar-refractivity contribution is 0.0728. The van der Waals surface area contributed by atoms with Crippen molar-refractivity contribution in [1.29, 1.82) is 0 Å². The van der Waals surface area contributed by atoms with Gasteiger partial charge in [-0.25, -0.2) is 0 Å². The number of amides is 2. The van der Waals surface area contributed by atoms with E-state index in [2.05, 4.69) is 26.4 Å². The molecule has 2 heterocycles. The SMILES string of the molecule is COc1ccc(CCN(Cc2cc(C(=O)NCc3ccc4c(c3)OCO4)no2)C(=O)c2ccccc2Br)cc1. The highest BCUT2D eigenvalue weighted by molar-refractivity contribution is 9.10. The maximum absolute atomic E-state index is 13.5. The molecule has 1 N–H and O–H groups in total. The molecule has 200 valence electrons. The molecule has 1 aliphatic rings. The molecular weight excluding hydrogens is 566 g/mol. The smallest absolute Gasteiger partial charge is 0.273 e. The summed E-state index contributed by atoms with van der Waals surface area (Å²) >= 11 is 3.47. The summed E-state index contributed by atoms with van der Waals surface area (Å²) in [6, 6.07) is 22.0. The highest BCUT2D eigenvalue weighted by atomic mass is 79.9. The van der Waals surface area contributed by atoms with Crippen LogP contribution >= 0.6 is 15.9 Å². The van der Waals surface area contributed by atoms with E-state index in [-0.39, 0.29) is 37.4 Å². The number of rotatable bonds is 10. The summed E-state index contributed by atoms with van der Waals surface area (Å²) in [6.07, 6.45) is 0.622. The Hall–Kier alpha value is -4.31. The number of hydrogen-bond acceptors (Lipinski definition) is 7. The fraction of sp³-hybridized carbons (Fsp3) is 0.207. The molecule has 2 amide bonds. The number of carbonyl (C=O) groups is 2. The Morgan fingerprint density at radius 1 is 1.00 bits per heavy atom. The molecule has 0 saturated heterocycles. The van der Waals surface area contributed by atoms with Crippen LogP contribution in [0.5, 0.6) is 17.2 Å². The Labute approximate surface area is 233 Å². The molecule has 0 radical (unpaired) electrons. The van der Waals surface area contributed by atoms with Crippen LogP contribution in [0, 0.1) is 0 Å². The molecule has 0 fully saturated rings. The van der Waals surface area contributed by atoms with E-state index in [0.29, 0.717) is 40.3 Å². The van der Waals surface area contributed by atoms with Crippen molar-refractivity contribution in [2.75, 3.05) is 20.4 Å². The van der Waals surface area contributed by atoms with Crippen molar-refractivity contribution in [2.45, 2.75) is 19.5 Å². The van der Waals surface area contributed by atoms with Crippen LogP contribution in [0.1, 0.15) is 37.7 Å². The Bertz CT molecular complexity index is 1470. The minimum Gasteiger partial charge on any atom is -0.497 e. The predicted octanol–water partition coefficient (Wildman–Crippen LogP) is 4.99. The molecule has 0 spiro atoms. The predicted molar refractivity (Wildman–Crippen MR) is 146 cm³/mol. The van der Waals surface area contributed by atoms with Gasteiger partial charge in [0.2, 0.25) is 6.79 Å². The Kier molecular flexibility index (Phi) is 8.12. The first-order valence-corrected chi connectivity index (χ1v) is 13.1. The second-order valence-electron chi connectivity index (χ2n) is 8.85. The highest BCUT2D eigenvalue weighted by Crippen LogP contribution is 2.32. The van der Waals surface area contributed by atoms with Crippen molar-refractivity contribution in [1.82, 2.24) is 15.4 Å². The van der Waals surface area contributed by atoms with Crippen molar-refractivity contribution in [2.24, 2.45) is 0 Å². The molecule has 39 heavy (non-hydrogen) atoms. The van der Waals surface area contributed by atoms with E-state index < -0.39 is 0 Å². The largest absolute Gasteiger partial charge is 0.497 e. The molecule has 4 aromatic rings. The first-order valence-electron chi connectivity index (χ1n) is 12.3. The maximum atomic E-state index is 13.5. The summed E-state index contributed by atoms with van der Waals surface area (Å²) in [5.41, 5.74) is 2.59. The number of nitrogens with zero attached hydrogens (tertiary/aromatic N) is 2. The van der Waals surface area contributed by atoms with Gasteiger partial charge in [-0.05, 0) is 69.9 Å². The van der Waals surface area contributed by atoms with Crippen LogP contribution in [0.4, 0.5) is 0 Å². The minimum absolute atomic E-state index is 0.134. The van der Waals surface area contributed by atoms with Crippen molar-refractivity contribution < 1.29 is 28.3 Å². The lowest BCUT2D eigenvalue weighted by Gasteiger charge is -2.22. The standard InChI is InChI=1S/C29H26BrN3O6/c1-36-21-9-6-19(7-10-21)12-13-33(29(35)23-4-2-3-5-24(23)30)17-22-15-25(32-39-22)28(34)31-16-20-8-11-26-27(14-20)38-18-37-26/h2-11,14-15H,12-13,16-18H2,1H3,(H,31,34). The third kappa shape index (κ3) is 6.40. The van der Waals surface area contributed by atoms with Crippen molar-refractivity contribution >= 4 is 27.7 Å². The van der Waals surface area contributed by atoms with Gasteiger partial charge in [0.25, 0.3) is 11.8 Å². The topological polar surface area (TPSA) is 103 Å². The quantitative estimate of drug-likeness (QED) is 0.277. The summed E-state index contributed by atoms with van der Waals surface area (Å²) in [7, 11) is 1.62. The fourth-order valence-corrected chi connectivity index (χ4v) is 4.57. The minimum atomic E-state index is -0.385.